The van der Waals surface area contributed by atoms with Crippen molar-refractivity contribution >= 4 is 11.8 Å². The Balaban J connectivity index is 5.19. The number of likely N-dealkylation sites (N-methyl/N-ethyl adjacent to an activating group) is 2. The maximum Gasteiger partial charge on any atom is 0.245 e. The Bertz CT molecular complexity index is 547. The number of nitrogens with zero attached hydrogens (tertiary/aromatic N) is 2. The fourth-order valence-electron chi connectivity index (χ4n) is 3.56. The molecule has 35 heavy (non-hydrogen) atoms. The van der Waals surface area contributed by atoms with Crippen LogP contribution in [0.2, 0.25) is 0 Å². The van der Waals surface area contributed by atoms with E-state index in [1.807, 2.05) is 12.2 Å². The van der Waals surface area contributed by atoms with E-state index >= 15 is 0 Å². The first-order valence-corrected chi connectivity index (χ1v) is 13.7. The molecule has 0 atom stereocenters. The maximum atomic E-state index is 12.3. The molecule has 0 rings (SSSR count). The zero-order chi connectivity index (χ0) is 26.4. The van der Waals surface area contributed by atoms with Crippen LogP contribution in [0.15, 0.2) is 24.3 Å². The van der Waals surface area contributed by atoms with Crippen LogP contribution in [-0.4, -0.2) is 76.2 Å². The highest BCUT2D eigenvalue weighted by Crippen LogP contribution is 2.24. The topological polar surface area (TPSA) is 59.1 Å². The van der Waals surface area contributed by atoms with E-state index in [1.165, 1.54) is 61.2 Å². The third-order valence-electron chi connectivity index (χ3n) is 6.02. The molecule has 2 amide bonds. The van der Waals surface area contributed by atoms with Crippen LogP contribution in [0.25, 0.3) is 0 Å². The predicted molar refractivity (Wildman–Crippen MR) is 146 cm³/mol. The maximum absolute atomic E-state index is 12.3. The molecule has 0 N–H and O–H groups in total. The molecule has 6 nitrogen and oxygen atoms in total. The van der Waals surface area contributed by atoms with Crippen LogP contribution < -0.4 is 0 Å². The third-order valence-corrected chi connectivity index (χ3v) is 6.02. The fourth-order valence-corrected chi connectivity index (χ4v) is 3.56. The molecule has 0 aromatic carbocycles. The molecule has 0 aromatic heterocycles. The van der Waals surface area contributed by atoms with Crippen LogP contribution in [0.5, 0.6) is 0 Å². The molecule has 0 spiro atoms. The highest BCUT2D eigenvalue weighted by Gasteiger charge is 2.26. The summed E-state index contributed by atoms with van der Waals surface area (Å²) in [6.45, 7) is 6.51. The molecule has 0 saturated heterocycles. The van der Waals surface area contributed by atoms with Crippen molar-refractivity contribution in [3.05, 3.63) is 24.3 Å². The van der Waals surface area contributed by atoms with E-state index in [2.05, 4.69) is 13.8 Å². The molecule has 0 aliphatic rings. The highest BCUT2D eigenvalue weighted by molar-refractivity contribution is 5.88. The SMILES string of the molecule is CCCCCCCCOCC(/C=C/C(=O)N(C)C)(/C=C/C(=O)N(C)C)COCCCCCCCC. The molecule has 0 aromatic rings. The van der Waals surface area contributed by atoms with E-state index in [0.717, 1.165) is 25.7 Å². The molecule has 6 heteroatoms. The van der Waals surface area contributed by atoms with Crippen LogP contribution in [0.4, 0.5) is 0 Å². The lowest BCUT2D eigenvalue weighted by Gasteiger charge is -2.28. The smallest absolute Gasteiger partial charge is 0.245 e. The number of carbonyl (C=O) groups excluding carboxylic acids is 2. The summed E-state index contributed by atoms with van der Waals surface area (Å²) in [7, 11) is 6.90. The van der Waals surface area contributed by atoms with Gasteiger partial charge in [0.05, 0.1) is 18.6 Å². The lowest BCUT2D eigenvalue weighted by Crippen LogP contribution is -2.31. The Morgan fingerprint density at radius 1 is 0.600 bits per heavy atom. The van der Waals surface area contributed by atoms with Crippen molar-refractivity contribution in [2.45, 2.75) is 90.9 Å². The average molecular weight is 495 g/mol. The van der Waals surface area contributed by atoms with Crippen molar-refractivity contribution in [2.24, 2.45) is 5.41 Å². The number of ether oxygens (including phenoxy) is 2. The van der Waals surface area contributed by atoms with Crippen molar-refractivity contribution in [1.29, 1.82) is 0 Å². The van der Waals surface area contributed by atoms with Gasteiger partial charge in [-0.25, -0.2) is 0 Å². The lowest BCUT2D eigenvalue weighted by atomic mass is 9.88. The summed E-state index contributed by atoms with van der Waals surface area (Å²) in [6.07, 6.45) is 21.2. The number of amides is 2. The van der Waals surface area contributed by atoms with Crippen molar-refractivity contribution < 1.29 is 19.1 Å². The number of hydrogen-bond donors (Lipinski definition) is 0. The lowest BCUT2D eigenvalue weighted by molar-refractivity contribution is -0.124. The van der Waals surface area contributed by atoms with E-state index < -0.39 is 5.41 Å². The second-order valence-corrected chi connectivity index (χ2v) is 10.0. The Morgan fingerprint density at radius 3 is 1.29 bits per heavy atom. The normalized spacial score (nSPS) is 12.1. The number of hydrogen-bond acceptors (Lipinski definition) is 4. The van der Waals surface area contributed by atoms with Crippen LogP contribution >= 0.6 is 0 Å². The van der Waals surface area contributed by atoms with E-state index in [1.54, 1.807) is 40.3 Å². The molecular formula is C29H54N2O4. The fraction of sp³-hybridized carbons (Fsp3) is 0.793. The van der Waals surface area contributed by atoms with Gasteiger partial charge in [0, 0.05) is 53.6 Å². The van der Waals surface area contributed by atoms with E-state index in [9.17, 15) is 9.59 Å². The van der Waals surface area contributed by atoms with Gasteiger partial charge in [0.2, 0.25) is 11.8 Å². The van der Waals surface area contributed by atoms with Gasteiger partial charge in [0.25, 0.3) is 0 Å². The molecule has 0 saturated carbocycles. The second-order valence-electron chi connectivity index (χ2n) is 10.0. The molecule has 0 aliphatic heterocycles. The Hall–Kier alpha value is -1.66. The van der Waals surface area contributed by atoms with Crippen LogP contribution in [0.3, 0.4) is 0 Å². The molecule has 0 bridgehead atoms. The average Bonchev–Trinajstić information content (AvgIpc) is 2.83. The summed E-state index contributed by atoms with van der Waals surface area (Å²) in [6, 6.07) is 0. The molecule has 0 unspecified atom stereocenters. The summed E-state index contributed by atoms with van der Waals surface area (Å²) >= 11 is 0. The van der Waals surface area contributed by atoms with Crippen LogP contribution in [0, 0.1) is 5.41 Å². The van der Waals surface area contributed by atoms with Crippen molar-refractivity contribution in [2.75, 3.05) is 54.6 Å². The van der Waals surface area contributed by atoms with Crippen LogP contribution in [0.1, 0.15) is 90.9 Å². The van der Waals surface area contributed by atoms with Gasteiger partial charge in [-0.15, -0.1) is 0 Å². The standard InChI is InChI=1S/C29H54N2O4/c1-7-9-11-13-15-17-23-34-25-29(21-19-27(32)30(3)4,22-20-28(33)31(5)6)26-35-24-18-16-14-12-10-8-2/h19-22H,7-18,23-26H2,1-6H3/b21-19+,22-20+. The summed E-state index contributed by atoms with van der Waals surface area (Å²) in [5.74, 6) is -0.206. The van der Waals surface area contributed by atoms with Crippen LogP contribution in [-0.2, 0) is 19.1 Å². The van der Waals surface area contributed by atoms with Gasteiger partial charge in [-0.1, -0.05) is 90.2 Å². The zero-order valence-electron chi connectivity index (χ0n) is 23.7. The van der Waals surface area contributed by atoms with Gasteiger partial charge in [0.15, 0.2) is 0 Å². The number of carbonyl (C=O) groups is 2. The minimum absolute atomic E-state index is 0.103. The minimum atomic E-state index is -0.679. The van der Waals surface area contributed by atoms with Gasteiger partial charge in [-0.2, -0.15) is 0 Å². The van der Waals surface area contributed by atoms with Crippen molar-refractivity contribution in [1.82, 2.24) is 9.80 Å². The van der Waals surface area contributed by atoms with E-state index in [-0.39, 0.29) is 11.8 Å². The van der Waals surface area contributed by atoms with Crippen molar-refractivity contribution in [3.63, 3.8) is 0 Å². The summed E-state index contributed by atoms with van der Waals surface area (Å²) < 4.78 is 12.2. The summed E-state index contributed by atoms with van der Waals surface area (Å²) in [5.41, 5.74) is -0.679. The largest absolute Gasteiger partial charge is 0.380 e. The quantitative estimate of drug-likeness (QED) is 0.136. The van der Waals surface area contributed by atoms with E-state index in [0.29, 0.717) is 26.4 Å². The monoisotopic (exact) mass is 494 g/mol. The van der Waals surface area contributed by atoms with Gasteiger partial charge >= 0.3 is 0 Å². The molecule has 0 aliphatic carbocycles. The van der Waals surface area contributed by atoms with Gasteiger partial charge < -0.3 is 19.3 Å². The number of unbranched alkanes of at least 4 members (excludes halogenated alkanes) is 10. The van der Waals surface area contributed by atoms with E-state index in [4.69, 9.17) is 9.47 Å². The van der Waals surface area contributed by atoms with Gasteiger partial charge in [-0.3, -0.25) is 9.59 Å². The van der Waals surface area contributed by atoms with Gasteiger partial charge in [-0.05, 0) is 12.8 Å². The zero-order valence-corrected chi connectivity index (χ0v) is 23.7. The Labute approximate surface area is 216 Å². The molecular weight excluding hydrogens is 440 g/mol. The predicted octanol–water partition coefficient (Wildman–Crippen LogP) is 6.02. The number of rotatable bonds is 22. The van der Waals surface area contributed by atoms with Gasteiger partial charge in [0.1, 0.15) is 0 Å². The first kappa shape index (κ1) is 33.3. The third kappa shape index (κ3) is 18.3. The second kappa shape index (κ2) is 21.6. The first-order chi connectivity index (χ1) is 16.8. The molecule has 0 radical (unpaired) electrons. The molecule has 0 fully saturated rings. The summed E-state index contributed by atoms with van der Waals surface area (Å²) in [4.78, 5) is 27.7. The summed E-state index contributed by atoms with van der Waals surface area (Å²) in [5, 5.41) is 0. The molecule has 0 heterocycles. The van der Waals surface area contributed by atoms with Crippen molar-refractivity contribution in [3.8, 4) is 0 Å². The Kier molecular flexibility index (Phi) is 20.6. The molecule has 204 valence electrons. The Morgan fingerprint density at radius 2 is 0.943 bits per heavy atom. The minimum Gasteiger partial charge on any atom is -0.380 e. The first-order valence-electron chi connectivity index (χ1n) is 13.7. The highest BCUT2D eigenvalue weighted by atomic mass is 16.5.